The molecule has 7 nitrogen and oxygen atoms in total. The second-order valence-corrected chi connectivity index (χ2v) is 6.75. The highest BCUT2D eigenvalue weighted by Gasteiger charge is 2.17. The van der Waals surface area contributed by atoms with Crippen molar-refractivity contribution in [1.29, 1.82) is 0 Å². The Kier molecular flexibility index (Phi) is 4.38. The molecule has 0 amide bonds. The molecule has 2 aromatic heterocycles. The molecule has 0 unspecified atom stereocenters. The molecule has 2 aromatic rings. The zero-order valence-corrected chi connectivity index (χ0v) is 13.4. The van der Waals surface area contributed by atoms with E-state index in [1.165, 1.54) is 18.5 Å². The molecule has 0 radical (unpaired) electrons. The average molecular weight is 330 g/mol. The first-order chi connectivity index (χ1) is 9.83. The van der Waals surface area contributed by atoms with Crippen LogP contribution in [0, 0.1) is 0 Å². The van der Waals surface area contributed by atoms with Gasteiger partial charge in [-0.3, -0.25) is 9.40 Å². The van der Waals surface area contributed by atoms with Crippen LogP contribution >= 0.6 is 11.6 Å². The zero-order valence-electron chi connectivity index (χ0n) is 11.8. The molecule has 0 aliphatic carbocycles. The smallest absolute Gasteiger partial charge is 0.263 e. The van der Waals surface area contributed by atoms with Crippen molar-refractivity contribution in [2.45, 2.75) is 24.8 Å². The molecule has 0 saturated carbocycles. The lowest BCUT2D eigenvalue weighted by Crippen LogP contribution is -2.13. The topological polar surface area (TPSA) is 88.9 Å². The summed E-state index contributed by atoms with van der Waals surface area (Å²) in [5.41, 5.74) is 0.387. The Bertz CT molecular complexity index is 742. The van der Waals surface area contributed by atoms with Gasteiger partial charge in [0.25, 0.3) is 10.0 Å². The van der Waals surface area contributed by atoms with Crippen molar-refractivity contribution >= 4 is 33.1 Å². The van der Waals surface area contributed by atoms with Crippen LogP contribution in [0.25, 0.3) is 0 Å². The van der Waals surface area contributed by atoms with Crippen LogP contribution in [0.5, 0.6) is 0 Å². The molecule has 0 saturated heterocycles. The normalized spacial score (nSPS) is 11.7. The minimum atomic E-state index is -3.75. The maximum Gasteiger partial charge on any atom is 0.263 e. The summed E-state index contributed by atoms with van der Waals surface area (Å²) in [5, 5.41) is 7.08. The van der Waals surface area contributed by atoms with Gasteiger partial charge < -0.3 is 5.32 Å². The fourth-order valence-electron chi connectivity index (χ4n) is 1.64. The van der Waals surface area contributed by atoms with E-state index in [9.17, 15) is 8.42 Å². The lowest BCUT2D eigenvalue weighted by atomic mass is 10.4. The molecule has 114 valence electrons. The van der Waals surface area contributed by atoms with Gasteiger partial charge in [-0.2, -0.15) is 5.10 Å². The number of pyridine rings is 1. The number of hydrogen-bond donors (Lipinski definition) is 2. The van der Waals surface area contributed by atoms with Gasteiger partial charge in [-0.05, 0) is 19.9 Å². The molecule has 2 N–H and O–H groups in total. The van der Waals surface area contributed by atoms with Crippen molar-refractivity contribution in [3.8, 4) is 0 Å². The van der Waals surface area contributed by atoms with Crippen LogP contribution in [0.3, 0.4) is 0 Å². The highest BCUT2D eigenvalue weighted by molar-refractivity contribution is 7.92. The van der Waals surface area contributed by atoms with Gasteiger partial charge in [0.1, 0.15) is 10.7 Å². The summed E-state index contributed by atoms with van der Waals surface area (Å²) >= 11 is 5.95. The van der Waals surface area contributed by atoms with Crippen LogP contribution in [-0.2, 0) is 10.0 Å². The van der Waals surface area contributed by atoms with Crippen LogP contribution in [0.15, 0.2) is 29.6 Å². The lowest BCUT2D eigenvalue weighted by molar-refractivity contribution is 0.532. The van der Waals surface area contributed by atoms with Gasteiger partial charge >= 0.3 is 0 Å². The summed E-state index contributed by atoms with van der Waals surface area (Å²) in [6, 6.07) is 1.49. The van der Waals surface area contributed by atoms with Gasteiger partial charge in [0.15, 0.2) is 0 Å². The Hall–Kier alpha value is -1.80. The Balaban J connectivity index is 2.27. The minimum absolute atomic E-state index is 0.0104. The summed E-state index contributed by atoms with van der Waals surface area (Å²) in [6.45, 7) is 3.90. The molecular weight excluding hydrogens is 314 g/mol. The van der Waals surface area contributed by atoms with Crippen LogP contribution in [0.4, 0.5) is 11.5 Å². The summed E-state index contributed by atoms with van der Waals surface area (Å²) in [4.78, 5) is 3.94. The quantitative estimate of drug-likeness (QED) is 0.879. The van der Waals surface area contributed by atoms with Gasteiger partial charge in [-0.15, -0.1) is 0 Å². The maximum atomic E-state index is 12.3. The first-order valence-corrected chi connectivity index (χ1v) is 8.10. The number of anilines is 2. The minimum Gasteiger partial charge on any atom is -0.372 e. The van der Waals surface area contributed by atoms with Crippen molar-refractivity contribution < 1.29 is 8.42 Å². The average Bonchev–Trinajstić information content (AvgIpc) is 2.86. The molecule has 9 heteroatoms. The van der Waals surface area contributed by atoms with Gasteiger partial charge in [0, 0.05) is 25.5 Å². The summed E-state index contributed by atoms with van der Waals surface area (Å²) in [6.07, 6.45) is 4.32. The van der Waals surface area contributed by atoms with Crippen molar-refractivity contribution in [2.24, 2.45) is 0 Å². The van der Waals surface area contributed by atoms with Gasteiger partial charge in [-0.25, -0.2) is 13.4 Å². The molecule has 21 heavy (non-hydrogen) atoms. The molecule has 2 heterocycles. The molecule has 0 spiro atoms. The fraction of sp³-hybridized carbons (Fsp3) is 0.333. The molecule has 0 aliphatic rings. The van der Waals surface area contributed by atoms with E-state index in [2.05, 4.69) is 20.1 Å². The zero-order chi connectivity index (χ0) is 15.6. The maximum absolute atomic E-state index is 12.3. The van der Waals surface area contributed by atoms with Gasteiger partial charge in [0.2, 0.25) is 0 Å². The standard InChI is InChI=1S/C12H16ClN5O2S/c1-8(2)18-7-9(5-16-18)17-21(19,20)10-4-11(13)12(14-3)15-6-10/h4-8,17H,1-3H3,(H,14,15). The van der Waals surface area contributed by atoms with Crippen LogP contribution in [-0.4, -0.2) is 30.2 Å². The summed E-state index contributed by atoms with van der Waals surface area (Å²) < 4.78 is 28.6. The fourth-order valence-corrected chi connectivity index (χ4v) is 2.96. The van der Waals surface area contributed by atoms with E-state index in [1.807, 2.05) is 13.8 Å². The summed E-state index contributed by atoms with van der Waals surface area (Å²) in [5.74, 6) is 0.420. The number of nitrogens with zero attached hydrogens (tertiary/aromatic N) is 3. The molecule has 0 atom stereocenters. The predicted octanol–water partition coefficient (Wildman–Crippen LogP) is 2.35. The molecule has 0 fully saturated rings. The largest absolute Gasteiger partial charge is 0.372 e. The van der Waals surface area contributed by atoms with E-state index in [4.69, 9.17) is 11.6 Å². The Labute approximate surface area is 128 Å². The molecule has 0 aliphatic heterocycles. The van der Waals surface area contributed by atoms with Crippen LogP contribution < -0.4 is 10.0 Å². The van der Waals surface area contributed by atoms with E-state index in [-0.39, 0.29) is 16.0 Å². The van der Waals surface area contributed by atoms with Gasteiger partial charge in [0.05, 0.1) is 16.9 Å². The molecule has 0 aromatic carbocycles. The van der Waals surface area contributed by atoms with Crippen molar-refractivity contribution in [3.63, 3.8) is 0 Å². The number of nitrogens with one attached hydrogen (secondary N) is 2. The second-order valence-electron chi connectivity index (χ2n) is 4.66. The van der Waals surface area contributed by atoms with Crippen molar-refractivity contribution in [1.82, 2.24) is 14.8 Å². The third-order valence-corrected chi connectivity index (χ3v) is 4.38. The monoisotopic (exact) mass is 329 g/mol. The molecular formula is C12H16ClN5O2S. The SMILES string of the molecule is CNc1ncc(S(=O)(=O)Nc2cnn(C(C)C)c2)cc1Cl. The van der Waals surface area contributed by atoms with Crippen molar-refractivity contribution in [3.05, 3.63) is 29.7 Å². The van der Waals surface area contributed by atoms with E-state index >= 15 is 0 Å². The number of sulfonamides is 1. The Morgan fingerprint density at radius 1 is 1.33 bits per heavy atom. The number of hydrogen-bond acceptors (Lipinski definition) is 5. The first-order valence-electron chi connectivity index (χ1n) is 6.24. The Morgan fingerprint density at radius 2 is 2.05 bits per heavy atom. The third-order valence-electron chi connectivity index (χ3n) is 2.75. The van der Waals surface area contributed by atoms with Gasteiger partial charge in [-0.1, -0.05) is 11.6 Å². The highest BCUT2D eigenvalue weighted by atomic mass is 35.5. The molecule has 0 bridgehead atoms. The highest BCUT2D eigenvalue weighted by Crippen LogP contribution is 2.23. The lowest BCUT2D eigenvalue weighted by Gasteiger charge is -2.08. The van der Waals surface area contributed by atoms with E-state index in [1.54, 1.807) is 17.9 Å². The number of halogens is 1. The van der Waals surface area contributed by atoms with E-state index < -0.39 is 10.0 Å². The van der Waals surface area contributed by atoms with Crippen LogP contribution in [0.2, 0.25) is 5.02 Å². The summed E-state index contributed by atoms with van der Waals surface area (Å²) in [7, 11) is -2.10. The Morgan fingerprint density at radius 3 is 2.57 bits per heavy atom. The van der Waals surface area contributed by atoms with E-state index in [0.29, 0.717) is 11.5 Å². The predicted molar refractivity (Wildman–Crippen MR) is 82.2 cm³/mol. The van der Waals surface area contributed by atoms with E-state index in [0.717, 1.165) is 0 Å². The van der Waals surface area contributed by atoms with Crippen molar-refractivity contribution in [2.75, 3.05) is 17.1 Å². The molecule has 2 rings (SSSR count). The third kappa shape index (κ3) is 3.45. The first kappa shape index (κ1) is 15.6. The number of rotatable bonds is 5. The second kappa shape index (κ2) is 5.90. The van der Waals surface area contributed by atoms with Crippen LogP contribution in [0.1, 0.15) is 19.9 Å². The number of aromatic nitrogens is 3.